The second-order valence-corrected chi connectivity index (χ2v) is 5.75. The number of benzene rings is 1. The maximum Gasteiger partial charge on any atom is 0.220 e. The zero-order valence-corrected chi connectivity index (χ0v) is 11.3. The van der Waals surface area contributed by atoms with Crippen molar-refractivity contribution >= 4 is 11.6 Å². The smallest absolute Gasteiger partial charge is 0.220 e. The van der Waals surface area contributed by atoms with Crippen LogP contribution in [0.1, 0.15) is 50.0 Å². The Labute approximate surface area is 114 Å². The van der Waals surface area contributed by atoms with Crippen molar-refractivity contribution in [2.24, 2.45) is 0 Å². The molecule has 1 saturated carbocycles. The van der Waals surface area contributed by atoms with E-state index in [-0.39, 0.29) is 5.91 Å². The minimum Gasteiger partial charge on any atom is -0.384 e. The molecule has 0 radical (unpaired) electrons. The van der Waals surface area contributed by atoms with E-state index in [0.717, 1.165) is 13.0 Å². The maximum absolute atomic E-state index is 11.9. The van der Waals surface area contributed by atoms with Crippen LogP contribution in [0.4, 0.5) is 5.69 Å². The van der Waals surface area contributed by atoms with E-state index < -0.39 is 0 Å². The van der Waals surface area contributed by atoms with E-state index in [1.807, 2.05) is 0 Å². The molecule has 1 atom stereocenters. The number of hydrogen-bond donors (Lipinski definition) is 2. The van der Waals surface area contributed by atoms with Crippen molar-refractivity contribution in [3.63, 3.8) is 0 Å². The average Bonchev–Trinajstić information content (AvgIpc) is 3.05. The van der Waals surface area contributed by atoms with Crippen molar-refractivity contribution < 1.29 is 4.79 Å². The first-order chi connectivity index (χ1) is 9.33. The van der Waals surface area contributed by atoms with Gasteiger partial charge in [0.1, 0.15) is 0 Å². The normalized spacial score (nSPS) is 22.0. The minimum atomic E-state index is 0.233. The van der Waals surface area contributed by atoms with Gasteiger partial charge in [0, 0.05) is 30.6 Å². The monoisotopic (exact) mass is 258 g/mol. The van der Waals surface area contributed by atoms with Crippen molar-refractivity contribution in [1.82, 2.24) is 5.32 Å². The largest absolute Gasteiger partial charge is 0.384 e. The summed E-state index contributed by atoms with van der Waals surface area (Å²) in [7, 11) is 0. The van der Waals surface area contributed by atoms with Crippen LogP contribution in [0.25, 0.3) is 0 Å². The number of nitrogens with one attached hydrogen (secondary N) is 2. The van der Waals surface area contributed by atoms with Crippen LogP contribution in [0.3, 0.4) is 0 Å². The van der Waals surface area contributed by atoms with Gasteiger partial charge in [-0.3, -0.25) is 4.79 Å². The van der Waals surface area contributed by atoms with Crippen LogP contribution in [-0.2, 0) is 4.79 Å². The van der Waals surface area contributed by atoms with Gasteiger partial charge in [0.05, 0.1) is 0 Å². The Bertz CT molecular complexity index is 452. The summed E-state index contributed by atoms with van der Waals surface area (Å²) in [5.74, 6) is 0.724. The van der Waals surface area contributed by atoms with Gasteiger partial charge in [0.2, 0.25) is 5.91 Å². The third kappa shape index (κ3) is 2.91. The predicted molar refractivity (Wildman–Crippen MR) is 77.3 cm³/mol. The molecule has 19 heavy (non-hydrogen) atoms. The number of rotatable bonds is 4. The van der Waals surface area contributed by atoms with Crippen LogP contribution in [0.15, 0.2) is 24.3 Å². The number of amides is 1. The highest BCUT2D eigenvalue weighted by Crippen LogP contribution is 2.33. The van der Waals surface area contributed by atoms with Gasteiger partial charge in [-0.05, 0) is 30.9 Å². The van der Waals surface area contributed by atoms with E-state index in [1.54, 1.807) is 0 Å². The van der Waals surface area contributed by atoms with Crippen LogP contribution >= 0.6 is 0 Å². The second kappa shape index (κ2) is 5.64. The molecular weight excluding hydrogens is 236 g/mol. The number of hydrogen-bond acceptors (Lipinski definition) is 2. The summed E-state index contributed by atoms with van der Waals surface area (Å²) in [6.07, 6.45) is 6.47. The molecule has 1 aromatic carbocycles. The maximum atomic E-state index is 11.9. The van der Waals surface area contributed by atoms with Crippen LogP contribution in [0.5, 0.6) is 0 Å². The van der Waals surface area contributed by atoms with Crippen LogP contribution in [0.2, 0.25) is 0 Å². The Morgan fingerprint density at radius 2 is 2.05 bits per heavy atom. The number of carbonyl (C=O) groups excluding carboxylic acids is 1. The van der Waals surface area contributed by atoms with E-state index in [4.69, 9.17) is 0 Å². The van der Waals surface area contributed by atoms with Gasteiger partial charge in [-0.15, -0.1) is 0 Å². The van der Waals surface area contributed by atoms with Crippen molar-refractivity contribution in [3.8, 4) is 0 Å². The molecule has 1 fully saturated rings. The summed E-state index contributed by atoms with van der Waals surface area (Å²) in [6.45, 7) is 0.968. The Kier molecular flexibility index (Phi) is 3.72. The molecule has 2 N–H and O–H groups in total. The minimum absolute atomic E-state index is 0.233. The topological polar surface area (TPSA) is 41.1 Å². The summed E-state index contributed by atoms with van der Waals surface area (Å²) in [4.78, 5) is 11.9. The quantitative estimate of drug-likeness (QED) is 0.871. The first-order valence-electron chi connectivity index (χ1n) is 7.45. The number of carbonyl (C=O) groups is 1. The fourth-order valence-corrected chi connectivity index (χ4v) is 3.29. The van der Waals surface area contributed by atoms with Gasteiger partial charge in [-0.1, -0.05) is 31.0 Å². The lowest BCUT2D eigenvalue weighted by Crippen LogP contribution is -2.32. The molecular formula is C16H22N2O. The number of fused-ring (bicyclic) bond motifs is 1. The molecule has 0 saturated heterocycles. The standard InChI is InChI=1S/C16H22N2O/c19-16(18-13-5-1-2-6-13)10-9-12-11-17-15-8-4-3-7-14(12)15/h3-4,7-8,12-13,17H,1-2,5-6,9-11H2,(H,18,19). The molecule has 1 unspecified atom stereocenters. The van der Waals surface area contributed by atoms with E-state index in [2.05, 4.69) is 34.9 Å². The van der Waals surface area contributed by atoms with Crippen LogP contribution in [-0.4, -0.2) is 18.5 Å². The molecule has 1 amide bonds. The highest BCUT2D eigenvalue weighted by molar-refractivity contribution is 5.76. The molecule has 1 aromatic rings. The number of para-hydroxylation sites is 1. The molecule has 3 nitrogen and oxygen atoms in total. The molecule has 3 heteroatoms. The number of anilines is 1. The summed E-state index contributed by atoms with van der Waals surface area (Å²) < 4.78 is 0. The lowest BCUT2D eigenvalue weighted by molar-refractivity contribution is -0.121. The molecule has 102 valence electrons. The fourth-order valence-electron chi connectivity index (χ4n) is 3.29. The SMILES string of the molecule is O=C(CCC1CNc2ccccc21)NC1CCCC1. The molecule has 2 aliphatic rings. The highest BCUT2D eigenvalue weighted by Gasteiger charge is 2.23. The molecule has 1 aliphatic heterocycles. The molecule has 1 heterocycles. The van der Waals surface area contributed by atoms with Gasteiger partial charge in [0.25, 0.3) is 0 Å². The Hall–Kier alpha value is -1.51. The van der Waals surface area contributed by atoms with Crippen LogP contribution in [0, 0.1) is 0 Å². The van der Waals surface area contributed by atoms with Gasteiger partial charge in [0.15, 0.2) is 0 Å². The van der Waals surface area contributed by atoms with E-state index in [0.29, 0.717) is 18.4 Å². The van der Waals surface area contributed by atoms with E-state index in [9.17, 15) is 4.79 Å². The van der Waals surface area contributed by atoms with Crippen molar-refractivity contribution in [2.75, 3.05) is 11.9 Å². The second-order valence-electron chi connectivity index (χ2n) is 5.75. The summed E-state index contributed by atoms with van der Waals surface area (Å²) in [5, 5.41) is 6.58. The lowest BCUT2D eigenvalue weighted by Gasteiger charge is -2.13. The van der Waals surface area contributed by atoms with Crippen molar-refractivity contribution in [1.29, 1.82) is 0 Å². The lowest BCUT2D eigenvalue weighted by atomic mass is 9.96. The van der Waals surface area contributed by atoms with Gasteiger partial charge in [-0.2, -0.15) is 0 Å². The third-order valence-electron chi connectivity index (χ3n) is 4.38. The third-order valence-corrected chi connectivity index (χ3v) is 4.38. The van der Waals surface area contributed by atoms with Gasteiger partial charge >= 0.3 is 0 Å². The molecule has 1 aliphatic carbocycles. The summed E-state index contributed by atoms with van der Waals surface area (Å²) in [6, 6.07) is 8.88. The van der Waals surface area contributed by atoms with Crippen molar-refractivity contribution in [3.05, 3.63) is 29.8 Å². The van der Waals surface area contributed by atoms with Gasteiger partial charge in [-0.25, -0.2) is 0 Å². The highest BCUT2D eigenvalue weighted by atomic mass is 16.1. The zero-order valence-electron chi connectivity index (χ0n) is 11.3. The fraction of sp³-hybridized carbons (Fsp3) is 0.562. The first kappa shape index (κ1) is 12.5. The molecule has 3 rings (SSSR count). The Morgan fingerprint density at radius 1 is 1.26 bits per heavy atom. The van der Waals surface area contributed by atoms with Crippen LogP contribution < -0.4 is 10.6 Å². The molecule has 0 bridgehead atoms. The Balaban J connectivity index is 1.49. The van der Waals surface area contributed by atoms with Gasteiger partial charge < -0.3 is 10.6 Å². The zero-order chi connectivity index (χ0) is 13.1. The molecule has 0 spiro atoms. The summed E-state index contributed by atoms with van der Waals surface area (Å²) in [5.41, 5.74) is 2.61. The van der Waals surface area contributed by atoms with E-state index >= 15 is 0 Å². The average molecular weight is 258 g/mol. The predicted octanol–water partition coefficient (Wildman–Crippen LogP) is 3.03. The van der Waals surface area contributed by atoms with E-state index in [1.165, 1.54) is 36.9 Å². The summed E-state index contributed by atoms with van der Waals surface area (Å²) >= 11 is 0. The first-order valence-corrected chi connectivity index (χ1v) is 7.45. The molecule has 0 aromatic heterocycles. The van der Waals surface area contributed by atoms with Crippen molar-refractivity contribution in [2.45, 2.75) is 50.5 Å². The Morgan fingerprint density at radius 3 is 2.89 bits per heavy atom.